The number of rotatable bonds is 14. The molecule has 2 amide bonds. The highest BCUT2D eigenvalue weighted by Crippen LogP contribution is 2.69. The summed E-state index contributed by atoms with van der Waals surface area (Å²) in [7, 11) is 0. The van der Waals surface area contributed by atoms with Crippen molar-refractivity contribution in [2.75, 3.05) is 26.3 Å². The minimum Gasteiger partial charge on any atom is -0.461 e. The first-order valence-corrected chi connectivity index (χ1v) is 14.3. The summed E-state index contributed by atoms with van der Waals surface area (Å²) in [5, 5.41) is 10.4. The Kier molecular flexibility index (Phi) is 9.72. The molecule has 3 saturated heterocycles. The van der Waals surface area contributed by atoms with Crippen molar-refractivity contribution in [3.8, 4) is 0 Å². The Morgan fingerprint density at radius 3 is 2.61 bits per heavy atom. The van der Waals surface area contributed by atoms with E-state index in [1.165, 1.54) is 6.08 Å². The molecule has 2 bridgehead atoms. The van der Waals surface area contributed by atoms with Crippen LogP contribution in [0.2, 0.25) is 0 Å². The summed E-state index contributed by atoms with van der Waals surface area (Å²) in [4.78, 5) is 45.3. The van der Waals surface area contributed by atoms with E-state index in [1.807, 2.05) is 18.7 Å². The van der Waals surface area contributed by atoms with Crippen LogP contribution in [0.3, 0.4) is 0 Å². The zero-order valence-corrected chi connectivity index (χ0v) is 23.2. The molecule has 36 heavy (non-hydrogen) atoms. The first kappa shape index (κ1) is 28.8. The fourth-order valence-electron chi connectivity index (χ4n) is 6.63. The van der Waals surface area contributed by atoms with Crippen LogP contribution in [0.15, 0.2) is 25.3 Å². The zero-order chi connectivity index (χ0) is 26.6. The molecule has 7 nitrogen and oxygen atoms in total. The lowest BCUT2D eigenvalue weighted by Gasteiger charge is -2.42. The lowest BCUT2D eigenvalue weighted by atomic mass is 9.66. The van der Waals surface area contributed by atoms with Crippen LogP contribution in [0.5, 0.6) is 0 Å². The van der Waals surface area contributed by atoms with Crippen molar-refractivity contribution in [3.05, 3.63) is 25.3 Å². The fraction of sp³-hybridized carbons (Fsp3) is 0.750. The third kappa shape index (κ3) is 5.00. The maximum Gasteiger partial charge on any atom is 0.311 e. The molecule has 3 rings (SSSR count). The standard InChI is InChI=1S/C28H44N2O5S/c1-7-10-11-13-29(12-8-2)26(33)24-28-19(6)16-21(36-28)22(27(34)35-14-9-3)23(28)25(32)30(24)20(17-31)15-18(4)5/h8-9,18-24,31H,2-3,7,10-17H2,1,4-6H3/t19?,20-,21-,22+,23+,24?,28?/m1/s1. The number of likely N-dealkylation sites (tertiary alicyclic amines) is 1. The van der Waals surface area contributed by atoms with Gasteiger partial charge in [0.25, 0.3) is 0 Å². The Bertz CT molecular complexity index is 848. The number of thioether (sulfide) groups is 1. The van der Waals surface area contributed by atoms with Gasteiger partial charge in [-0.1, -0.05) is 59.3 Å². The van der Waals surface area contributed by atoms with Crippen LogP contribution in [-0.4, -0.2) is 81.1 Å². The molecule has 1 spiro atoms. The molecule has 202 valence electrons. The van der Waals surface area contributed by atoms with E-state index in [2.05, 4.69) is 27.0 Å². The first-order valence-electron chi connectivity index (χ1n) is 13.5. The number of amides is 2. The lowest BCUT2D eigenvalue weighted by molar-refractivity contribution is -0.154. The summed E-state index contributed by atoms with van der Waals surface area (Å²) in [5.74, 6) is -1.60. The van der Waals surface area contributed by atoms with E-state index in [9.17, 15) is 19.5 Å². The number of esters is 1. The van der Waals surface area contributed by atoms with Crippen molar-refractivity contribution in [2.24, 2.45) is 23.7 Å². The van der Waals surface area contributed by atoms with Crippen LogP contribution in [0, 0.1) is 23.7 Å². The van der Waals surface area contributed by atoms with E-state index in [-0.39, 0.29) is 48.1 Å². The van der Waals surface area contributed by atoms with Crippen molar-refractivity contribution in [1.82, 2.24) is 9.80 Å². The molecule has 0 saturated carbocycles. The van der Waals surface area contributed by atoms with Crippen molar-refractivity contribution in [1.29, 1.82) is 0 Å². The summed E-state index contributed by atoms with van der Waals surface area (Å²) < 4.78 is 4.73. The second kappa shape index (κ2) is 12.2. The highest BCUT2D eigenvalue weighted by molar-refractivity contribution is 8.02. The van der Waals surface area contributed by atoms with Gasteiger partial charge in [-0.15, -0.1) is 18.3 Å². The van der Waals surface area contributed by atoms with Crippen LogP contribution < -0.4 is 0 Å². The highest BCUT2D eigenvalue weighted by Gasteiger charge is 2.77. The van der Waals surface area contributed by atoms with Gasteiger partial charge in [0.1, 0.15) is 12.6 Å². The van der Waals surface area contributed by atoms with Gasteiger partial charge in [-0.25, -0.2) is 0 Å². The molecule has 0 aromatic carbocycles. The molecule has 0 radical (unpaired) electrons. The molecule has 0 aliphatic carbocycles. The van der Waals surface area contributed by atoms with Gasteiger partial charge >= 0.3 is 5.97 Å². The summed E-state index contributed by atoms with van der Waals surface area (Å²) in [6.45, 7) is 16.7. The molecule has 3 unspecified atom stereocenters. The molecule has 3 aliphatic heterocycles. The monoisotopic (exact) mass is 520 g/mol. The zero-order valence-electron chi connectivity index (χ0n) is 22.4. The molecule has 0 aromatic rings. The molecule has 0 aromatic heterocycles. The number of aliphatic hydroxyl groups is 1. The van der Waals surface area contributed by atoms with E-state index in [1.54, 1.807) is 22.7 Å². The molecule has 3 fully saturated rings. The molecule has 3 aliphatic rings. The number of carbonyl (C=O) groups excluding carboxylic acids is 3. The van der Waals surface area contributed by atoms with E-state index < -0.39 is 28.7 Å². The topological polar surface area (TPSA) is 87.1 Å². The maximum atomic E-state index is 14.4. The van der Waals surface area contributed by atoms with Gasteiger partial charge in [0.2, 0.25) is 11.8 Å². The van der Waals surface area contributed by atoms with Crippen molar-refractivity contribution < 1.29 is 24.2 Å². The van der Waals surface area contributed by atoms with Crippen LogP contribution in [0.25, 0.3) is 0 Å². The minimum absolute atomic E-state index is 0.0608. The highest BCUT2D eigenvalue weighted by atomic mass is 32.2. The predicted molar refractivity (Wildman–Crippen MR) is 143 cm³/mol. The van der Waals surface area contributed by atoms with Gasteiger partial charge in [0.15, 0.2) is 0 Å². The second-order valence-corrected chi connectivity index (χ2v) is 12.5. The number of aliphatic hydroxyl groups excluding tert-OH is 1. The minimum atomic E-state index is -0.727. The normalized spacial score (nSPS) is 31.4. The number of carbonyl (C=O) groups is 3. The molecule has 8 heteroatoms. The molecule has 1 N–H and O–H groups in total. The van der Waals surface area contributed by atoms with Crippen LogP contribution in [-0.2, 0) is 19.1 Å². The van der Waals surface area contributed by atoms with Gasteiger partial charge in [-0.3, -0.25) is 14.4 Å². The number of ether oxygens (including phenoxy) is 1. The van der Waals surface area contributed by atoms with Gasteiger partial charge in [-0.2, -0.15) is 0 Å². The second-order valence-electron chi connectivity index (χ2n) is 11.0. The Morgan fingerprint density at radius 1 is 1.31 bits per heavy atom. The van der Waals surface area contributed by atoms with Crippen LogP contribution in [0.1, 0.15) is 59.8 Å². The van der Waals surface area contributed by atoms with E-state index in [0.29, 0.717) is 19.5 Å². The molecular formula is C28H44N2O5S. The van der Waals surface area contributed by atoms with E-state index >= 15 is 0 Å². The van der Waals surface area contributed by atoms with Crippen LogP contribution in [0.4, 0.5) is 0 Å². The van der Waals surface area contributed by atoms with Gasteiger partial charge in [-0.05, 0) is 31.1 Å². The van der Waals surface area contributed by atoms with Gasteiger partial charge in [0, 0.05) is 18.3 Å². The van der Waals surface area contributed by atoms with Crippen molar-refractivity contribution in [2.45, 2.75) is 81.9 Å². The molecule has 7 atom stereocenters. The first-order chi connectivity index (χ1) is 17.2. The van der Waals surface area contributed by atoms with E-state index in [0.717, 1.165) is 25.7 Å². The van der Waals surface area contributed by atoms with E-state index in [4.69, 9.17) is 4.74 Å². The lowest BCUT2D eigenvalue weighted by Crippen LogP contribution is -2.59. The molecule has 3 heterocycles. The van der Waals surface area contributed by atoms with Crippen molar-refractivity contribution in [3.63, 3.8) is 0 Å². The Morgan fingerprint density at radius 2 is 2.03 bits per heavy atom. The Balaban J connectivity index is 2.08. The average molecular weight is 521 g/mol. The average Bonchev–Trinajstić information content (AvgIpc) is 3.43. The number of fused-ring (bicyclic) bond motifs is 1. The summed E-state index contributed by atoms with van der Waals surface area (Å²) in [5.41, 5.74) is 0. The van der Waals surface area contributed by atoms with Gasteiger partial charge < -0.3 is 19.6 Å². The number of nitrogens with zero attached hydrogens (tertiary/aromatic N) is 2. The SMILES string of the molecule is C=CCOC(=O)[C@@H]1[C@H]2C(=O)N([C@@H](CO)CC(C)C)C(C(=O)N(CC=C)CCCCC)C23S[C@@H]1CC3C. The maximum absolute atomic E-state index is 14.4. The fourth-order valence-corrected chi connectivity index (χ4v) is 9.02. The summed E-state index contributed by atoms with van der Waals surface area (Å²) in [6.07, 6.45) is 7.53. The van der Waals surface area contributed by atoms with Crippen molar-refractivity contribution >= 4 is 29.5 Å². The number of hydrogen-bond donors (Lipinski definition) is 1. The smallest absolute Gasteiger partial charge is 0.311 e. The third-order valence-electron chi connectivity index (χ3n) is 8.07. The van der Waals surface area contributed by atoms with Gasteiger partial charge in [0.05, 0.1) is 29.2 Å². The predicted octanol–water partition coefficient (Wildman–Crippen LogP) is 3.66. The summed E-state index contributed by atoms with van der Waals surface area (Å²) in [6, 6.07) is -1.21. The summed E-state index contributed by atoms with van der Waals surface area (Å²) >= 11 is 1.64. The Hall–Kier alpha value is -1.80. The van der Waals surface area contributed by atoms with Crippen LogP contribution >= 0.6 is 11.8 Å². The largest absolute Gasteiger partial charge is 0.461 e. The number of unbranched alkanes of at least 4 members (excludes halogenated alkanes) is 2. The Labute approximate surface area is 220 Å². The molecular weight excluding hydrogens is 476 g/mol. The number of hydrogen-bond acceptors (Lipinski definition) is 6. The third-order valence-corrected chi connectivity index (χ3v) is 10.1. The quantitative estimate of drug-likeness (QED) is 0.214.